The Morgan fingerprint density at radius 1 is 1.14 bits per heavy atom. The third kappa shape index (κ3) is 3.31. The molecule has 110 valence electrons. The van der Waals surface area contributed by atoms with Crippen molar-refractivity contribution in [2.75, 3.05) is 13.1 Å². The van der Waals surface area contributed by atoms with E-state index in [1.54, 1.807) is 24.5 Å². The zero-order valence-corrected chi connectivity index (χ0v) is 12.9. The van der Waals surface area contributed by atoms with Gasteiger partial charge < -0.3 is 10.1 Å². The number of nitrogens with zero attached hydrogens (tertiary/aromatic N) is 1. The molecule has 2 atom stereocenters. The largest absolute Gasteiger partial charge is 0.482 e. The highest BCUT2D eigenvalue weighted by Gasteiger charge is 2.29. The molecule has 0 spiro atoms. The van der Waals surface area contributed by atoms with Crippen LogP contribution in [0.2, 0.25) is 10.0 Å². The molecule has 1 aliphatic heterocycles. The summed E-state index contributed by atoms with van der Waals surface area (Å²) in [4.78, 5) is 4.07. The molecule has 1 aromatic carbocycles. The molecule has 0 bridgehead atoms. The summed E-state index contributed by atoms with van der Waals surface area (Å²) >= 11 is 12.5. The fraction of sp³-hybridized carbons (Fsp3) is 0.312. The van der Waals surface area contributed by atoms with Crippen LogP contribution in [0.4, 0.5) is 0 Å². The van der Waals surface area contributed by atoms with Crippen LogP contribution in [0, 0.1) is 5.92 Å². The van der Waals surface area contributed by atoms with E-state index in [-0.39, 0.29) is 6.10 Å². The van der Waals surface area contributed by atoms with Crippen LogP contribution in [-0.2, 0) is 0 Å². The zero-order chi connectivity index (χ0) is 14.7. The average Bonchev–Trinajstić information content (AvgIpc) is 3.02. The highest BCUT2D eigenvalue weighted by molar-refractivity contribution is 6.37. The lowest BCUT2D eigenvalue weighted by Crippen LogP contribution is -2.21. The summed E-state index contributed by atoms with van der Waals surface area (Å²) < 4.78 is 6.21. The molecule has 3 nitrogen and oxygen atoms in total. The molecule has 1 unspecified atom stereocenters. The van der Waals surface area contributed by atoms with Crippen molar-refractivity contribution in [3.63, 3.8) is 0 Å². The first-order valence-electron chi connectivity index (χ1n) is 6.97. The van der Waals surface area contributed by atoms with E-state index in [0.717, 1.165) is 25.1 Å². The molecule has 2 aromatic rings. The maximum absolute atomic E-state index is 6.23. The van der Waals surface area contributed by atoms with Gasteiger partial charge in [0, 0.05) is 24.9 Å². The first kappa shape index (κ1) is 14.6. The molecule has 0 aliphatic carbocycles. The minimum Gasteiger partial charge on any atom is -0.482 e. The van der Waals surface area contributed by atoms with Crippen molar-refractivity contribution in [3.8, 4) is 5.75 Å². The van der Waals surface area contributed by atoms with E-state index < -0.39 is 0 Å². The summed E-state index contributed by atoms with van der Waals surface area (Å²) in [5.74, 6) is 0.939. The smallest absolute Gasteiger partial charge is 0.157 e. The molecular formula is C16H16Cl2N2O. The quantitative estimate of drug-likeness (QED) is 0.919. The minimum absolute atomic E-state index is 0.0830. The van der Waals surface area contributed by atoms with Crippen LogP contribution in [0.3, 0.4) is 0 Å². The van der Waals surface area contributed by atoms with Crippen molar-refractivity contribution in [2.45, 2.75) is 12.5 Å². The van der Waals surface area contributed by atoms with Crippen molar-refractivity contribution >= 4 is 23.2 Å². The van der Waals surface area contributed by atoms with Gasteiger partial charge in [-0.1, -0.05) is 29.3 Å². The Morgan fingerprint density at radius 2 is 1.86 bits per heavy atom. The summed E-state index contributed by atoms with van der Waals surface area (Å²) in [5, 5.41) is 4.45. The summed E-state index contributed by atoms with van der Waals surface area (Å²) in [6.07, 6.45) is 4.54. The van der Waals surface area contributed by atoms with E-state index in [1.807, 2.05) is 18.2 Å². The SMILES string of the molecule is Clc1cccc(Cl)c1O[C@H](c1ccncc1)C1CCNC1. The third-order valence-corrected chi connectivity index (χ3v) is 4.32. The first-order valence-corrected chi connectivity index (χ1v) is 7.72. The molecule has 21 heavy (non-hydrogen) atoms. The number of aromatic nitrogens is 1. The van der Waals surface area contributed by atoms with Gasteiger partial charge in [0.05, 0.1) is 10.0 Å². The van der Waals surface area contributed by atoms with E-state index in [2.05, 4.69) is 10.3 Å². The van der Waals surface area contributed by atoms with Crippen LogP contribution in [-0.4, -0.2) is 18.1 Å². The van der Waals surface area contributed by atoms with Crippen LogP contribution in [0.15, 0.2) is 42.7 Å². The summed E-state index contributed by atoms with van der Waals surface area (Å²) in [7, 11) is 0. The highest BCUT2D eigenvalue weighted by Crippen LogP contribution is 2.39. The van der Waals surface area contributed by atoms with Gasteiger partial charge >= 0.3 is 0 Å². The van der Waals surface area contributed by atoms with Gasteiger partial charge in [-0.2, -0.15) is 0 Å². The van der Waals surface area contributed by atoms with Crippen molar-refractivity contribution in [1.82, 2.24) is 10.3 Å². The first-order chi connectivity index (χ1) is 10.3. The molecule has 3 rings (SSSR count). The second kappa shape index (κ2) is 6.65. The lowest BCUT2D eigenvalue weighted by molar-refractivity contribution is 0.144. The number of halogens is 2. The van der Waals surface area contributed by atoms with Gasteiger partial charge in [-0.25, -0.2) is 0 Å². The molecule has 0 amide bonds. The van der Waals surface area contributed by atoms with Crippen LogP contribution < -0.4 is 10.1 Å². The van der Waals surface area contributed by atoms with Gasteiger partial charge in [0.2, 0.25) is 0 Å². The fourth-order valence-corrected chi connectivity index (χ4v) is 3.13. The number of nitrogens with one attached hydrogen (secondary N) is 1. The molecule has 0 radical (unpaired) electrons. The summed E-state index contributed by atoms with van der Waals surface area (Å²) in [6, 6.07) is 9.36. The predicted octanol–water partition coefficient (Wildman–Crippen LogP) is 4.12. The topological polar surface area (TPSA) is 34.1 Å². The molecule has 1 aromatic heterocycles. The molecule has 1 saturated heterocycles. The number of hydrogen-bond donors (Lipinski definition) is 1. The molecule has 1 N–H and O–H groups in total. The number of benzene rings is 1. The molecule has 2 heterocycles. The van der Waals surface area contributed by atoms with Crippen molar-refractivity contribution < 1.29 is 4.74 Å². The van der Waals surface area contributed by atoms with Crippen molar-refractivity contribution in [1.29, 1.82) is 0 Å². The van der Waals surface area contributed by atoms with Crippen molar-refractivity contribution in [2.24, 2.45) is 5.92 Å². The maximum atomic E-state index is 6.23. The molecule has 1 aliphatic rings. The van der Waals surface area contributed by atoms with Gasteiger partial charge in [0.15, 0.2) is 5.75 Å². The third-order valence-electron chi connectivity index (χ3n) is 3.72. The van der Waals surface area contributed by atoms with Crippen LogP contribution in [0.5, 0.6) is 5.75 Å². The van der Waals surface area contributed by atoms with Gasteiger partial charge in [-0.15, -0.1) is 0 Å². The predicted molar refractivity (Wildman–Crippen MR) is 85.0 cm³/mol. The van der Waals surface area contributed by atoms with Gasteiger partial charge in [-0.05, 0) is 42.8 Å². The standard InChI is InChI=1S/C16H16Cl2N2O/c17-13-2-1-3-14(18)16(13)21-15(12-6-9-20-10-12)11-4-7-19-8-5-11/h1-5,7-8,12,15,20H,6,9-10H2/t12?,15-/m1/s1. The fourth-order valence-electron chi connectivity index (χ4n) is 2.65. The summed E-state index contributed by atoms with van der Waals surface area (Å²) in [6.45, 7) is 1.93. The van der Waals surface area contributed by atoms with E-state index in [1.165, 1.54) is 0 Å². The van der Waals surface area contributed by atoms with Crippen LogP contribution in [0.1, 0.15) is 18.1 Å². The highest BCUT2D eigenvalue weighted by atomic mass is 35.5. The van der Waals surface area contributed by atoms with Crippen LogP contribution >= 0.6 is 23.2 Å². The Hall–Kier alpha value is -1.29. The number of rotatable bonds is 4. The van der Waals surface area contributed by atoms with E-state index in [9.17, 15) is 0 Å². The lowest BCUT2D eigenvalue weighted by Gasteiger charge is -2.25. The molecular weight excluding hydrogens is 307 g/mol. The second-order valence-electron chi connectivity index (χ2n) is 5.12. The normalized spacial score (nSPS) is 19.4. The van der Waals surface area contributed by atoms with Gasteiger partial charge in [0.25, 0.3) is 0 Å². The average molecular weight is 323 g/mol. The number of ether oxygens (including phenoxy) is 1. The van der Waals surface area contributed by atoms with Gasteiger partial charge in [-0.3, -0.25) is 4.98 Å². The zero-order valence-electron chi connectivity index (χ0n) is 11.4. The number of pyridine rings is 1. The Bertz CT molecular complexity index is 580. The Morgan fingerprint density at radius 3 is 2.48 bits per heavy atom. The number of hydrogen-bond acceptors (Lipinski definition) is 3. The molecule has 0 saturated carbocycles. The van der Waals surface area contributed by atoms with Crippen LogP contribution in [0.25, 0.3) is 0 Å². The second-order valence-corrected chi connectivity index (χ2v) is 5.94. The Kier molecular flexibility index (Phi) is 4.63. The van der Waals surface area contributed by atoms with Crippen molar-refractivity contribution in [3.05, 3.63) is 58.3 Å². The minimum atomic E-state index is -0.0830. The summed E-state index contributed by atoms with van der Waals surface area (Å²) in [5.41, 5.74) is 1.09. The molecule has 5 heteroatoms. The Balaban J connectivity index is 1.92. The molecule has 1 fully saturated rings. The van der Waals surface area contributed by atoms with E-state index >= 15 is 0 Å². The lowest BCUT2D eigenvalue weighted by atomic mass is 9.95. The van der Waals surface area contributed by atoms with E-state index in [0.29, 0.717) is 21.7 Å². The van der Waals surface area contributed by atoms with E-state index in [4.69, 9.17) is 27.9 Å². The number of para-hydroxylation sites is 1. The monoisotopic (exact) mass is 322 g/mol. The maximum Gasteiger partial charge on any atom is 0.157 e. The van der Waals surface area contributed by atoms with Gasteiger partial charge in [0.1, 0.15) is 6.10 Å². The Labute approximate surface area is 134 Å².